The fourth-order valence-corrected chi connectivity index (χ4v) is 1.01. The molecule has 2 aliphatic heterocycles. The highest BCUT2D eigenvalue weighted by atomic mass is 16.6. The van der Waals surface area contributed by atoms with Gasteiger partial charge in [0.15, 0.2) is 0 Å². The number of nitrogens with zero attached hydrogens (tertiary/aromatic N) is 2. The molecule has 54 valence electrons. The SMILES string of the molecule is [CH]1N=c2oc3c(c2O1)O[CH]N=3. The molecule has 2 radical (unpaired) electrons. The van der Waals surface area contributed by atoms with Crippen LogP contribution in [0.15, 0.2) is 14.4 Å². The van der Waals surface area contributed by atoms with E-state index in [2.05, 4.69) is 9.98 Å². The van der Waals surface area contributed by atoms with Crippen LogP contribution in [0.3, 0.4) is 0 Å². The summed E-state index contributed by atoms with van der Waals surface area (Å²) in [4.78, 5) is 7.59. The van der Waals surface area contributed by atoms with Gasteiger partial charge in [0.2, 0.25) is 11.5 Å². The molecule has 0 spiro atoms. The van der Waals surface area contributed by atoms with Crippen molar-refractivity contribution < 1.29 is 13.9 Å². The summed E-state index contributed by atoms with van der Waals surface area (Å²) in [7, 11) is 0. The molecule has 0 saturated carbocycles. The van der Waals surface area contributed by atoms with E-state index in [0.29, 0.717) is 22.6 Å². The number of fused-ring (bicyclic) bond motifs is 3. The summed E-state index contributed by atoms with van der Waals surface area (Å²) >= 11 is 0. The second kappa shape index (κ2) is 1.55. The summed E-state index contributed by atoms with van der Waals surface area (Å²) < 4.78 is 15.1. The number of rotatable bonds is 0. The van der Waals surface area contributed by atoms with E-state index in [0.717, 1.165) is 0 Å². The fraction of sp³-hybridized carbons (Fsp3) is 0. The minimum Gasteiger partial charge on any atom is -0.453 e. The zero-order valence-electron chi connectivity index (χ0n) is 5.27. The van der Waals surface area contributed by atoms with Crippen molar-refractivity contribution in [2.24, 2.45) is 9.98 Å². The molecule has 1 aromatic rings. The Labute approximate surface area is 61.0 Å². The fourth-order valence-electron chi connectivity index (χ4n) is 1.01. The van der Waals surface area contributed by atoms with Crippen LogP contribution < -0.4 is 20.6 Å². The van der Waals surface area contributed by atoms with Gasteiger partial charge >= 0.3 is 0 Å². The molecule has 0 N–H and O–H groups in total. The van der Waals surface area contributed by atoms with E-state index >= 15 is 0 Å². The molecular formula is C6H2N2O3. The van der Waals surface area contributed by atoms with Crippen LogP contribution in [0, 0.1) is 13.5 Å². The molecule has 0 aromatic carbocycles. The van der Waals surface area contributed by atoms with Crippen LogP contribution in [0.4, 0.5) is 0 Å². The number of hydrogen-bond acceptors (Lipinski definition) is 5. The van der Waals surface area contributed by atoms with Crippen LogP contribution in [0.25, 0.3) is 0 Å². The summed E-state index contributed by atoms with van der Waals surface area (Å²) in [6.07, 6.45) is 0. The topological polar surface area (TPSA) is 56.3 Å². The van der Waals surface area contributed by atoms with Crippen molar-refractivity contribution in [1.29, 1.82) is 0 Å². The number of ether oxygens (including phenoxy) is 2. The van der Waals surface area contributed by atoms with Crippen molar-refractivity contribution in [3.8, 4) is 11.5 Å². The van der Waals surface area contributed by atoms with Gasteiger partial charge in [-0.05, 0) is 0 Å². The van der Waals surface area contributed by atoms with Crippen LogP contribution >= 0.6 is 0 Å². The Hall–Kier alpha value is -1.52. The highest BCUT2D eigenvalue weighted by Gasteiger charge is 2.24. The van der Waals surface area contributed by atoms with Gasteiger partial charge < -0.3 is 13.9 Å². The molecule has 3 heterocycles. The molecule has 1 aromatic heterocycles. The minimum atomic E-state index is 0.423. The first-order chi connectivity index (χ1) is 5.45. The van der Waals surface area contributed by atoms with E-state index < -0.39 is 0 Å². The van der Waals surface area contributed by atoms with Crippen LogP contribution in [0.5, 0.6) is 11.5 Å². The largest absolute Gasteiger partial charge is 0.453 e. The molecule has 5 heteroatoms. The molecule has 0 aliphatic carbocycles. The van der Waals surface area contributed by atoms with Crippen LogP contribution in [0.2, 0.25) is 0 Å². The van der Waals surface area contributed by atoms with Gasteiger partial charge in [-0.3, -0.25) is 0 Å². The normalized spacial score (nSPS) is 17.5. The van der Waals surface area contributed by atoms with E-state index in [-0.39, 0.29) is 0 Å². The Morgan fingerprint density at radius 2 is 1.45 bits per heavy atom. The lowest BCUT2D eigenvalue weighted by molar-refractivity contribution is 0.375. The number of furan rings is 1. The lowest BCUT2D eigenvalue weighted by Gasteiger charge is -1.92. The molecule has 0 atom stereocenters. The Morgan fingerprint density at radius 1 is 0.909 bits per heavy atom. The standard InChI is InChI=1S/C6H2N2O3/c1-7-5-3(9-1)4-6(11-5)8-2-10-4/h1-2H. The molecule has 0 saturated heterocycles. The Bertz CT molecular complexity index is 381. The average molecular weight is 150 g/mol. The highest BCUT2D eigenvalue weighted by Crippen LogP contribution is 2.25. The quantitative estimate of drug-likeness (QED) is 0.503. The van der Waals surface area contributed by atoms with Crippen LogP contribution in [-0.2, 0) is 0 Å². The third-order valence-electron chi connectivity index (χ3n) is 1.47. The molecule has 2 aliphatic rings. The van der Waals surface area contributed by atoms with Crippen molar-refractivity contribution >= 4 is 0 Å². The van der Waals surface area contributed by atoms with E-state index in [1.54, 1.807) is 0 Å². The number of hydrogen-bond donors (Lipinski definition) is 0. The first-order valence-corrected chi connectivity index (χ1v) is 3.00. The van der Waals surface area contributed by atoms with Gasteiger partial charge in [0, 0.05) is 0 Å². The van der Waals surface area contributed by atoms with Crippen molar-refractivity contribution in [2.45, 2.75) is 0 Å². The van der Waals surface area contributed by atoms with Crippen molar-refractivity contribution in [3.05, 3.63) is 24.6 Å². The molecule has 0 bridgehead atoms. The van der Waals surface area contributed by atoms with E-state index in [1.165, 1.54) is 13.5 Å². The Morgan fingerprint density at radius 3 is 2.00 bits per heavy atom. The first-order valence-electron chi connectivity index (χ1n) is 3.00. The molecule has 0 unspecified atom stereocenters. The zero-order valence-corrected chi connectivity index (χ0v) is 5.27. The molecular weight excluding hydrogens is 148 g/mol. The minimum absolute atomic E-state index is 0.423. The van der Waals surface area contributed by atoms with Gasteiger partial charge in [0.25, 0.3) is 24.6 Å². The maximum atomic E-state index is 5.12. The smallest absolute Gasteiger partial charge is 0.267 e. The van der Waals surface area contributed by atoms with E-state index in [4.69, 9.17) is 13.9 Å². The second-order valence-electron chi connectivity index (χ2n) is 2.08. The summed E-state index contributed by atoms with van der Waals surface area (Å²) in [5, 5.41) is 0. The van der Waals surface area contributed by atoms with Crippen molar-refractivity contribution in [1.82, 2.24) is 0 Å². The maximum Gasteiger partial charge on any atom is 0.267 e. The summed E-state index contributed by atoms with van der Waals surface area (Å²) in [5.74, 6) is 1.02. The summed E-state index contributed by atoms with van der Waals surface area (Å²) in [6, 6.07) is 0. The molecule has 11 heavy (non-hydrogen) atoms. The monoisotopic (exact) mass is 150 g/mol. The maximum absolute atomic E-state index is 5.12. The van der Waals surface area contributed by atoms with E-state index in [9.17, 15) is 0 Å². The molecule has 0 amide bonds. The van der Waals surface area contributed by atoms with Gasteiger partial charge in [-0.1, -0.05) is 0 Å². The Kier molecular flexibility index (Phi) is 0.730. The lowest BCUT2D eigenvalue weighted by Crippen LogP contribution is -1.96. The highest BCUT2D eigenvalue weighted by molar-refractivity contribution is 5.37. The van der Waals surface area contributed by atoms with E-state index in [1.807, 2.05) is 0 Å². The Balaban J connectivity index is 2.48. The van der Waals surface area contributed by atoms with Gasteiger partial charge in [-0.15, -0.1) is 0 Å². The summed E-state index contributed by atoms with van der Waals surface area (Å²) in [6.45, 7) is 2.60. The second-order valence-corrected chi connectivity index (χ2v) is 2.08. The van der Waals surface area contributed by atoms with Gasteiger partial charge in [0.1, 0.15) is 0 Å². The molecule has 0 fully saturated rings. The van der Waals surface area contributed by atoms with Crippen LogP contribution in [-0.4, -0.2) is 0 Å². The first kappa shape index (κ1) is 5.17. The lowest BCUT2D eigenvalue weighted by atomic mass is 10.5. The van der Waals surface area contributed by atoms with Gasteiger partial charge in [-0.2, -0.15) is 9.98 Å². The predicted octanol–water partition coefficient (Wildman–Crippen LogP) is -0.458. The van der Waals surface area contributed by atoms with Crippen LogP contribution in [0.1, 0.15) is 0 Å². The third kappa shape index (κ3) is 0.508. The average Bonchev–Trinajstić information content (AvgIpc) is 2.52. The van der Waals surface area contributed by atoms with Gasteiger partial charge in [-0.25, -0.2) is 0 Å². The van der Waals surface area contributed by atoms with Crippen molar-refractivity contribution in [2.75, 3.05) is 0 Å². The zero-order chi connectivity index (χ0) is 7.26. The van der Waals surface area contributed by atoms with Crippen molar-refractivity contribution in [3.63, 3.8) is 0 Å². The third-order valence-corrected chi connectivity index (χ3v) is 1.47. The summed E-state index contributed by atoms with van der Waals surface area (Å²) in [5.41, 5.74) is 0.846. The predicted molar refractivity (Wildman–Crippen MR) is 30.9 cm³/mol. The molecule has 3 rings (SSSR count). The molecule has 5 nitrogen and oxygen atoms in total. The van der Waals surface area contributed by atoms with Gasteiger partial charge in [0.05, 0.1) is 0 Å².